The van der Waals surface area contributed by atoms with E-state index in [1.54, 1.807) is 28.7 Å². The molecular weight excluding hydrogens is 322 g/mol. The van der Waals surface area contributed by atoms with E-state index in [-0.39, 0.29) is 10.9 Å². The predicted octanol–water partition coefficient (Wildman–Crippen LogP) is 3.08. The Bertz CT molecular complexity index is 773. The molecule has 22 heavy (non-hydrogen) atoms. The first-order valence-corrected chi connectivity index (χ1v) is 9.15. The van der Waals surface area contributed by atoms with Crippen molar-refractivity contribution in [1.29, 1.82) is 0 Å². The number of rotatable bonds is 4. The number of aryl methyl sites for hydroxylation is 1. The second kappa shape index (κ2) is 6.02. The van der Waals surface area contributed by atoms with Crippen molar-refractivity contribution in [2.45, 2.75) is 37.2 Å². The Labute approximate surface area is 135 Å². The lowest BCUT2D eigenvalue weighted by atomic mass is 10.1. The Morgan fingerprint density at radius 1 is 1.36 bits per heavy atom. The maximum absolute atomic E-state index is 12.9. The summed E-state index contributed by atoms with van der Waals surface area (Å²) in [6.07, 6.45) is 3.38. The lowest BCUT2D eigenvalue weighted by Crippen LogP contribution is -2.31. The molecule has 1 atom stereocenters. The third kappa shape index (κ3) is 2.66. The second-order valence-electron chi connectivity index (χ2n) is 5.30. The summed E-state index contributed by atoms with van der Waals surface area (Å²) >= 11 is 5.94. The summed E-state index contributed by atoms with van der Waals surface area (Å²) < 4.78 is 29.3. The number of hydrogen-bond acceptors (Lipinski definition) is 3. The van der Waals surface area contributed by atoms with Crippen molar-refractivity contribution in [2.75, 3.05) is 6.54 Å². The molecule has 2 heterocycles. The molecular formula is C15H18ClN3O2S. The largest absolute Gasteiger partial charge is 0.268 e. The normalized spacial score (nSPS) is 19.6. The van der Waals surface area contributed by atoms with Gasteiger partial charge in [0.25, 0.3) is 0 Å². The quantitative estimate of drug-likeness (QED) is 0.860. The lowest BCUT2D eigenvalue weighted by molar-refractivity contribution is 0.376. The molecule has 0 amide bonds. The van der Waals surface area contributed by atoms with E-state index in [0.717, 1.165) is 25.1 Å². The fourth-order valence-electron chi connectivity index (χ4n) is 2.98. The molecule has 0 aliphatic carbocycles. The van der Waals surface area contributed by atoms with Gasteiger partial charge in [-0.05, 0) is 44.0 Å². The first kappa shape index (κ1) is 15.5. The molecule has 5 nitrogen and oxygen atoms in total. The fraction of sp³-hybridized carbons (Fsp3) is 0.400. The molecule has 1 aliphatic heterocycles. The van der Waals surface area contributed by atoms with Gasteiger partial charge in [-0.25, -0.2) is 8.42 Å². The van der Waals surface area contributed by atoms with Crippen LogP contribution >= 0.6 is 11.6 Å². The van der Waals surface area contributed by atoms with Gasteiger partial charge in [0, 0.05) is 24.3 Å². The standard InChI is InChI=1S/C15H18ClN3O2S/c1-2-18-14(8-9-17-18)15-7-4-10-19(15)22(20,21)13-6-3-5-12(16)11-13/h3,5-6,8-9,11,15H,2,4,7,10H2,1H3/t15-/m0/s1. The minimum absolute atomic E-state index is 0.161. The van der Waals surface area contributed by atoms with Crippen molar-refractivity contribution in [3.8, 4) is 0 Å². The summed E-state index contributed by atoms with van der Waals surface area (Å²) in [5.74, 6) is 0. The molecule has 1 fully saturated rings. The number of sulfonamides is 1. The van der Waals surface area contributed by atoms with Gasteiger partial charge in [0.1, 0.15) is 0 Å². The average Bonchev–Trinajstić information content (AvgIpc) is 3.15. The van der Waals surface area contributed by atoms with E-state index in [1.165, 1.54) is 6.07 Å². The number of aromatic nitrogens is 2. The zero-order chi connectivity index (χ0) is 15.7. The highest BCUT2D eigenvalue weighted by Gasteiger charge is 2.37. The van der Waals surface area contributed by atoms with Gasteiger partial charge in [-0.3, -0.25) is 4.68 Å². The molecule has 1 aromatic carbocycles. The van der Waals surface area contributed by atoms with Gasteiger partial charge in [0.2, 0.25) is 10.0 Å². The molecule has 0 bridgehead atoms. The van der Waals surface area contributed by atoms with Crippen LogP contribution in [0, 0.1) is 0 Å². The van der Waals surface area contributed by atoms with Gasteiger partial charge in [-0.2, -0.15) is 9.40 Å². The molecule has 7 heteroatoms. The van der Waals surface area contributed by atoms with Crippen molar-refractivity contribution >= 4 is 21.6 Å². The van der Waals surface area contributed by atoms with Gasteiger partial charge < -0.3 is 0 Å². The maximum Gasteiger partial charge on any atom is 0.243 e. The Balaban J connectivity index is 1.99. The molecule has 2 aromatic rings. The molecule has 1 aliphatic rings. The summed E-state index contributed by atoms with van der Waals surface area (Å²) in [4.78, 5) is 0.245. The van der Waals surface area contributed by atoms with E-state index in [0.29, 0.717) is 11.6 Å². The number of nitrogens with zero attached hydrogens (tertiary/aromatic N) is 3. The first-order chi connectivity index (χ1) is 10.5. The van der Waals surface area contributed by atoms with E-state index in [1.807, 2.05) is 17.7 Å². The zero-order valence-corrected chi connectivity index (χ0v) is 13.9. The molecule has 3 rings (SSSR count). The van der Waals surface area contributed by atoms with Crippen molar-refractivity contribution in [3.63, 3.8) is 0 Å². The van der Waals surface area contributed by atoms with Crippen molar-refractivity contribution in [1.82, 2.24) is 14.1 Å². The van der Waals surface area contributed by atoms with Crippen molar-refractivity contribution < 1.29 is 8.42 Å². The minimum Gasteiger partial charge on any atom is -0.268 e. The van der Waals surface area contributed by atoms with Crippen LogP contribution in [0.2, 0.25) is 5.02 Å². The van der Waals surface area contributed by atoms with E-state index >= 15 is 0 Å². The van der Waals surface area contributed by atoms with E-state index in [9.17, 15) is 8.42 Å². The molecule has 1 saturated heterocycles. The van der Waals surface area contributed by atoms with Crippen LogP contribution in [0.5, 0.6) is 0 Å². The molecule has 0 saturated carbocycles. The summed E-state index contributed by atoms with van der Waals surface area (Å²) in [6.45, 7) is 3.25. The van der Waals surface area contributed by atoms with Gasteiger partial charge >= 0.3 is 0 Å². The molecule has 0 radical (unpaired) electrons. The number of benzene rings is 1. The third-order valence-electron chi connectivity index (χ3n) is 4.00. The van der Waals surface area contributed by atoms with Crippen LogP contribution in [-0.4, -0.2) is 29.0 Å². The Kier molecular flexibility index (Phi) is 4.25. The lowest BCUT2D eigenvalue weighted by Gasteiger charge is -2.24. The van der Waals surface area contributed by atoms with Crippen LogP contribution in [-0.2, 0) is 16.6 Å². The third-order valence-corrected chi connectivity index (χ3v) is 6.14. The van der Waals surface area contributed by atoms with Crippen LogP contribution in [0.15, 0.2) is 41.4 Å². The zero-order valence-electron chi connectivity index (χ0n) is 12.3. The summed E-state index contributed by atoms with van der Waals surface area (Å²) in [5, 5.41) is 4.68. The van der Waals surface area contributed by atoms with Gasteiger partial charge in [0.15, 0.2) is 0 Å². The monoisotopic (exact) mass is 339 g/mol. The Hall–Kier alpha value is -1.37. The smallest absolute Gasteiger partial charge is 0.243 e. The van der Waals surface area contributed by atoms with E-state index in [2.05, 4.69) is 5.10 Å². The average molecular weight is 340 g/mol. The van der Waals surface area contributed by atoms with Crippen LogP contribution in [0.3, 0.4) is 0 Å². The number of halogens is 1. The summed E-state index contributed by atoms with van der Waals surface area (Å²) in [5.41, 5.74) is 0.950. The van der Waals surface area contributed by atoms with E-state index < -0.39 is 10.0 Å². The van der Waals surface area contributed by atoms with Crippen LogP contribution < -0.4 is 0 Å². The molecule has 0 N–H and O–H groups in total. The number of hydrogen-bond donors (Lipinski definition) is 0. The van der Waals surface area contributed by atoms with Gasteiger partial charge in [-0.1, -0.05) is 17.7 Å². The molecule has 118 valence electrons. The topological polar surface area (TPSA) is 55.2 Å². The van der Waals surface area contributed by atoms with Gasteiger partial charge in [0.05, 0.1) is 16.6 Å². The Morgan fingerprint density at radius 3 is 2.91 bits per heavy atom. The Morgan fingerprint density at radius 2 is 2.18 bits per heavy atom. The maximum atomic E-state index is 12.9. The highest BCUT2D eigenvalue weighted by molar-refractivity contribution is 7.89. The molecule has 1 aromatic heterocycles. The van der Waals surface area contributed by atoms with Crippen LogP contribution in [0.1, 0.15) is 31.5 Å². The second-order valence-corrected chi connectivity index (χ2v) is 7.63. The highest BCUT2D eigenvalue weighted by atomic mass is 35.5. The summed E-state index contributed by atoms with van der Waals surface area (Å²) in [6, 6.07) is 8.17. The van der Waals surface area contributed by atoms with Crippen molar-refractivity contribution in [3.05, 3.63) is 47.2 Å². The van der Waals surface area contributed by atoms with Gasteiger partial charge in [-0.15, -0.1) is 0 Å². The van der Waals surface area contributed by atoms with Crippen molar-refractivity contribution in [2.24, 2.45) is 0 Å². The predicted molar refractivity (Wildman–Crippen MR) is 85.2 cm³/mol. The highest BCUT2D eigenvalue weighted by Crippen LogP contribution is 2.36. The van der Waals surface area contributed by atoms with E-state index in [4.69, 9.17) is 11.6 Å². The molecule has 0 unspecified atom stereocenters. The summed E-state index contributed by atoms with van der Waals surface area (Å²) in [7, 11) is -3.55. The fourth-order valence-corrected chi connectivity index (χ4v) is 4.95. The molecule has 0 spiro atoms. The van der Waals surface area contributed by atoms with Crippen LogP contribution in [0.25, 0.3) is 0 Å². The first-order valence-electron chi connectivity index (χ1n) is 7.33. The van der Waals surface area contributed by atoms with Crippen LogP contribution in [0.4, 0.5) is 0 Å². The minimum atomic E-state index is -3.55. The SMILES string of the molecule is CCn1nccc1[C@@H]1CCCN1S(=O)(=O)c1cccc(Cl)c1.